The molecule has 3 heteroatoms. The summed E-state index contributed by atoms with van der Waals surface area (Å²) in [5.41, 5.74) is 5.25. The number of nitrogens with zero attached hydrogens (tertiary/aromatic N) is 1. The van der Waals surface area contributed by atoms with Gasteiger partial charge in [-0.1, -0.05) is 24.6 Å². The van der Waals surface area contributed by atoms with E-state index in [1.165, 1.54) is 49.0 Å². The number of hydrogen-bond acceptors (Lipinski definition) is 2. The van der Waals surface area contributed by atoms with E-state index in [2.05, 4.69) is 36.2 Å². The highest BCUT2D eigenvalue weighted by Gasteiger charge is 2.11. The molecule has 126 valence electrons. The maximum atomic E-state index is 12.4. The molecule has 1 fully saturated rings. The third-order valence-corrected chi connectivity index (χ3v) is 4.84. The van der Waals surface area contributed by atoms with Crippen LogP contribution in [-0.2, 0) is 6.54 Å². The molecule has 0 saturated carbocycles. The Balaban J connectivity index is 1.61. The lowest BCUT2D eigenvalue weighted by molar-refractivity contribution is 0.102. The van der Waals surface area contributed by atoms with Gasteiger partial charge in [-0.25, -0.2) is 0 Å². The van der Waals surface area contributed by atoms with Crippen molar-refractivity contribution in [3.05, 3.63) is 64.7 Å². The van der Waals surface area contributed by atoms with Crippen molar-refractivity contribution in [2.75, 3.05) is 18.4 Å². The standard InChI is InChI=1S/C21H26N2O/c1-16-6-11-20(14-17(16)2)22-21(24)19-9-7-18(8-10-19)15-23-12-4-3-5-13-23/h6-11,14H,3-5,12-13,15H2,1-2H3,(H,22,24). The molecule has 1 amide bonds. The lowest BCUT2D eigenvalue weighted by atomic mass is 10.1. The first kappa shape index (κ1) is 16.7. The SMILES string of the molecule is Cc1ccc(NC(=O)c2ccc(CN3CCCCC3)cc2)cc1C. The Hall–Kier alpha value is -2.13. The predicted octanol–water partition coefficient (Wildman–Crippen LogP) is 4.54. The summed E-state index contributed by atoms with van der Waals surface area (Å²) in [4.78, 5) is 14.9. The molecule has 3 nitrogen and oxygen atoms in total. The van der Waals surface area contributed by atoms with Gasteiger partial charge < -0.3 is 5.32 Å². The summed E-state index contributed by atoms with van der Waals surface area (Å²) in [7, 11) is 0. The second-order valence-electron chi connectivity index (χ2n) is 6.79. The first-order valence-corrected chi connectivity index (χ1v) is 8.82. The zero-order valence-electron chi connectivity index (χ0n) is 14.6. The number of aryl methyl sites for hydroxylation is 2. The van der Waals surface area contributed by atoms with Crippen molar-refractivity contribution >= 4 is 11.6 Å². The van der Waals surface area contributed by atoms with Gasteiger partial charge in [-0.15, -0.1) is 0 Å². The number of carbonyl (C=O) groups excluding carboxylic acids is 1. The number of amides is 1. The number of anilines is 1. The fourth-order valence-corrected chi connectivity index (χ4v) is 3.16. The van der Waals surface area contributed by atoms with Crippen LogP contribution in [0.3, 0.4) is 0 Å². The van der Waals surface area contributed by atoms with E-state index in [1.54, 1.807) is 0 Å². The minimum absolute atomic E-state index is 0.0530. The summed E-state index contributed by atoms with van der Waals surface area (Å²) in [6.45, 7) is 7.49. The Morgan fingerprint density at radius 1 is 0.958 bits per heavy atom. The zero-order chi connectivity index (χ0) is 16.9. The van der Waals surface area contributed by atoms with Gasteiger partial charge in [-0.3, -0.25) is 9.69 Å². The maximum Gasteiger partial charge on any atom is 0.255 e. The molecule has 0 aromatic heterocycles. The Bertz CT molecular complexity index is 700. The van der Waals surface area contributed by atoms with E-state index in [9.17, 15) is 4.79 Å². The van der Waals surface area contributed by atoms with E-state index in [4.69, 9.17) is 0 Å². The van der Waals surface area contributed by atoms with Crippen LogP contribution in [0.1, 0.15) is 46.3 Å². The van der Waals surface area contributed by atoms with Crippen molar-refractivity contribution in [1.82, 2.24) is 4.90 Å². The molecule has 0 unspecified atom stereocenters. The third kappa shape index (κ3) is 4.24. The summed E-state index contributed by atoms with van der Waals surface area (Å²) in [5, 5.41) is 2.98. The van der Waals surface area contributed by atoms with Crippen LogP contribution < -0.4 is 5.32 Å². The zero-order valence-corrected chi connectivity index (χ0v) is 14.6. The van der Waals surface area contributed by atoms with E-state index < -0.39 is 0 Å². The fraction of sp³-hybridized carbons (Fsp3) is 0.381. The van der Waals surface area contributed by atoms with Gasteiger partial charge in [0.15, 0.2) is 0 Å². The highest BCUT2D eigenvalue weighted by Crippen LogP contribution is 2.17. The van der Waals surface area contributed by atoms with Gasteiger partial charge in [-0.2, -0.15) is 0 Å². The Morgan fingerprint density at radius 2 is 1.67 bits per heavy atom. The van der Waals surface area contributed by atoms with Crippen molar-refractivity contribution in [1.29, 1.82) is 0 Å². The molecule has 0 aliphatic carbocycles. The number of rotatable bonds is 4. The lowest BCUT2D eigenvalue weighted by Gasteiger charge is -2.26. The third-order valence-electron chi connectivity index (χ3n) is 4.84. The number of likely N-dealkylation sites (tertiary alicyclic amines) is 1. The van der Waals surface area contributed by atoms with Crippen molar-refractivity contribution in [2.45, 2.75) is 39.7 Å². The number of benzene rings is 2. The summed E-state index contributed by atoms with van der Waals surface area (Å²) in [6, 6.07) is 14.0. The molecule has 2 aromatic carbocycles. The average Bonchev–Trinajstić information content (AvgIpc) is 2.60. The van der Waals surface area contributed by atoms with Crippen LogP contribution in [0, 0.1) is 13.8 Å². The molecule has 1 aliphatic rings. The summed E-state index contributed by atoms with van der Waals surface area (Å²) < 4.78 is 0. The van der Waals surface area contributed by atoms with Crippen LogP contribution in [-0.4, -0.2) is 23.9 Å². The number of nitrogens with one attached hydrogen (secondary N) is 1. The van der Waals surface area contributed by atoms with Crippen LogP contribution in [0.25, 0.3) is 0 Å². The Labute approximate surface area is 144 Å². The van der Waals surface area contributed by atoms with Crippen molar-refractivity contribution in [3.63, 3.8) is 0 Å². The fourth-order valence-electron chi connectivity index (χ4n) is 3.16. The molecule has 0 spiro atoms. The van der Waals surface area contributed by atoms with E-state index in [0.29, 0.717) is 5.56 Å². The van der Waals surface area contributed by atoms with Gasteiger partial charge in [0.2, 0.25) is 0 Å². The maximum absolute atomic E-state index is 12.4. The molecule has 2 aromatic rings. The van der Waals surface area contributed by atoms with Gasteiger partial charge in [0.25, 0.3) is 5.91 Å². The summed E-state index contributed by atoms with van der Waals surface area (Å²) in [5.74, 6) is -0.0530. The van der Waals surface area contributed by atoms with Crippen LogP contribution in [0.2, 0.25) is 0 Å². The number of piperidine rings is 1. The molecule has 1 heterocycles. The smallest absolute Gasteiger partial charge is 0.255 e. The normalized spacial score (nSPS) is 15.2. The van der Waals surface area contributed by atoms with Gasteiger partial charge in [0.1, 0.15) is 0 Å². The second kappa shape index (κ2) is 7.63. The molecule has 0 bridgehead atoms. The van der Waals surface area contributed by atoms with E-state index in [0.717, 1.165) is 12.2 Å². The molecular weight excluding hydrogens is 296 g/mol. The van der Waals surface area contributed by atoms with Crippen molar-refractivity contribution in [2.24, 2.45) is 0 Å². The van der Waals surface area contributed by atoms with Crippen molar-refractivity contribution in [3.8, 4) is 0 Å². The van der Waals surface area contributed by atoms with Crippen LogP contribution in [0.15, 0.2) is 42.5 Å². The molecule has 0 atom stereocenters. The summed E-state index contributed by atoms with van der Waals surface area (Å²) in [6.07, 6.45) is 3.96. The monoisotopic (exact) mass is 322 g/mol. The van der Waals surface area contributed by atoms with Gasteiger partial charge in [0.05, 0.1) is 0 Å². The predicted molar refractivity (Wildman–Crippen MR) is 99.4 cm³/mol. The Kier molecular flexibility index (Phi) is 5.31. The lowest BCUT2D eigenvalue weighted by Crippen LogP contribution is -2.29. The van der Waals surface area contributed by atoms with Crippen molar-refractivity contribution < 1.29 is 4.79 Å². The molecule has 24 heavy (non-hydrogen) atoms. The molecule has 1 N–H and O–H groups in total. The quantitative estimate of drug-likeness (QED) is 0.896. The minimum Gasteiger partial charge on any atom is -0.322 e. The molecular formula is C21H26N2O. The number of hydrogen-bond donors (Lipinski definition) is 1. The topological polar surface area (TPSA) is 32.3 Å². The first-order chi connectivity index (χ1) is 11.6. The molecule has 0 radical (unpaired) electrons. The Morgan fingerprint density at radius 3 is 2.33 bits per heavy atom. The van der Waals surface area contributed by atoms with Gasteiger partial charge in [-0.05, 0) is 80.7 Å². The average molecular weight is 322 g/mol. The largest absolute Gasteiger partial charge is 0.322 e. The summed E-state index contributed by atoms with van der Waals surface area (Å²) >= 11 is 0. The minimum atomic E-state index is -0.0530. The molecule has 1 aliphatic heterocycles. The van der Waals surface area contributed by atoms with Crippen LogP contribution >= 0.6 is 0 Å². The molecule has 1 saturated heterocycles. The van der Waals surface area contributed by atoms with E-state index in [-0.39, 0.29) is 5.91 Å². The highest BCUT2D eigenvalue weighted by atomic mass is 16.1. The second-order valence-corrected chi connectivity index (χ2v) is 6.79. The highest BCUT2D eigenvalue weighted by molar-refractivity contribution is 6.04. The van der Waals surface area contributed by atoms with Crippen LogP contribution in [0.5, 0.6) is 0 Å². The van der Waals surface area contributed by atoms with Crippen LogP contribution in [0.4, 0.5) is 5.69 Å². The number of carbonyl (C=O) groups is 1. The first-order valence-electron chi connectivity index (χ1n) is 8.82. The molecule has 3 rings (SSSR count). The van der Waals surface area contributed by atoms with E-state index in [1.807, 2.05) is 30.3 Å². The van der Waals surface area contributed by atoms with Gasteiger partial charge >= 0.3 is 0 Å². The van der Waals surface area contributed by atoms with E-state index >= 15 is 0 Å². The van der Waals surface area contributed by atoms with Gasteiger partial charge in [0, 0.05) is 17.8 Å².